The van der Waals surface area contributed by atoms with Crippen LogP contribution in [0.15, 0.2) is 47.4 Å². The first-order valence-electron chi connectivity index (χ1n) is 8.83. The first kappa shape index (κ1) is 23.2. The topological polar surface area (TPSA) is 86.3 Å². The quantitative estimate of drug-likeness (QED) is 0.653. The highest BCUT2D eigenvalue weighted by atomic mass is 35.5. The Bertz CT molecular complexity index is 1090. The molecule has 1 saturated heterocycles. The summed E-state index contributed by atoms with van der Waals surface area (Å²) in [7, 11) is -4.12. The Morgan fingerprint density at radius 2 is 1.97 bits per heavy atom. The first-order chi connectivity index (χ1) is 13.8. The van der Waals surface area contributed by atoms with Crippen molar-refractivity contribution >= 4 is 32.5 Å². The molecule has 30 heavy (non-hydrogen) atoms. The van der Waals surface area contributed by atoms with Gasteiger partial charge in [0, 0.05) is 23.4 Å². The lowest BCUT2D eigenvalue weighted by atomic mass is 9.97. The van der Waals surface area contributed by atoms with E-state index in [1.54, 1.807) is 12.1 Å². The van der Waals surface area contributed by atoms with Gasteiger partial charge in [0.15, 0.2) is 9.84 Å². The van der Waals surface area contributed by atoms with Crippen molar-refractivity contribution in [3.05, 3.63) is 64.2 Å². The van der Waals surface area contributed by atoms with Crippen molar-refractivity contribution in [1.82, 2.24) is 5.32 Å². The Hall–Kier alpha value is -1.46. The summed E-state index contributed by atoms with van der Waals surface area (Å²) in [6.07, 6.45) is -4.60. The van der Waals surface area contributed by atoms with Gasteiger partial charge in [-0.25, -0.2) is 8.42 Å². The average molecular weight is 481 g/mol. The third-order valence-electron chi connectivity index (χ3n) is 5.23. The number of benzene rings is 2. The predicted octanol–water partition coefficient (Wildman–Crippen LogP) is 4.00. The Labute approximate surface area is 179 Å². The smallest absolute Gasteiger partial charge is 0.416 e. The lowest BCUT2D eigenvalue weighted by Gasteiger charge is -2.24. The maximum Gasteiger partial charge on any atom is 0.416 e. The van der Waals surface area contributed by atoms with E-state index in [1.165, 1.54) is 13.0 Å². The molecule has 1 aliphatic heterocycles. The molecule has 0 saturated carbocycles. The van der Waals surface area contributed by atoms with Gasteiger partial charge in [-0.1, -0.05) is 34.8 Å². The summed E-state index contributed by atoms with van der Waals surface area (Å²) in [4.78, 5) is -0.403. The molecule has 2 aromatic carbocycles. The van der Waals surface area contributed by atoms with Gasteiger partial charge in [0.1, 0.15) is 0 Å². The number of hydrogen-bond donors (Lipinski definition) is 1. The molecular formula is C19H18ClF3NO4S2-. The Kier molecular flexibility index (Phi) is 6.37. The predicted molar refractivity (Wildman–Crippen MR) is 106 cm³/mol. The molecule has 0 aromatic heterocycles. The largest absolute Gasteiger partial charge is 0.772 e. The maximum absolute atomic E-state index is 13.2. The molecule has 3 atom stereocenters. The highest BCUT2D eigenvalue weighted by Crippen LogP contribution is 2.41. The summed E-state index contributed by atoms with van der Waals surface area (Å²) in [6, 6.07) is 7.90. The number of sulfone groups is 1. The standard InChI is InChI=1S/C19H19ClF3NO4S2/c1-18(30(27,28)15-4-2-3-13(8-15)19(21,22)23)9-17(24-11-18)16-6-5-14(20)7-12(16)10-29(25)26/h2-8,17,24H,9-11H2,1H3,(H,25,26)/p-1. The zero-order valence-corrected chi connectivity index (χ0v) is 18.1. The molecule has 0 radical (unpaired) electrons. The molecule has 1 aliphatic rings. The molecule has 1 fully saturated rings. The fraction of sp³-hybridized carbons (Fsp3) is 0.368. The SMILES string of the molecule is CC1(S(=O)(=O)c2cccc(C(F)(F)F)c2)CNC(c2ccc(Cl)cc2CS(=O)[O-])C1. The van der Waals surface area contributed by atoms with Crippen molar-refractivity contribution in [3.63, 3.8) is 0 Å². The van der Waals surface area contributed by atoms with Crippen LogP contribution >= 0.6 is 11.6 Å². The summed E-state index contributed by atoms with van der Waals surface area (Å²) < 4.78 is 86.5. The Balaban J connectivity index is 1.94. The van der Waals surface area contributed by atoms with Crippen LogP contribution in [0.3, 0.4) is 0 Å². The number of nitrogens with one attached hydrogen (secondary N) is 1. The van der Waals surface area contributed by atoms with Crippen LogP contribution in [0.2, 0.25) is 5.02 Å². The number of hydrogen-bond acceptors (Lipinski definition) is 5. The van der Waals surface area contributed by atoms with E-state index < -0.39 is 48.3 Å². The molecule has 3 rings (SSSR count). The molecule has 164 valence electrons. The van der Waals surface area contributed by atoms with E-state index in [2.05, 4.69) is 5.32 Å². The van der Waals surface area contributed by atoms with Crippen molar-refractivity contribution in [1.29, 1.82) is 0 Å². The molecule has 0 spiro atoms. The Morgan fingerprint density at radius 3 is 2.60 bits per heavy atom. The minimum absolute atomic E-state index is 0.00121. The van der Waals surface area contributed by atoms with Gasteiger partial charge in [-0.3, -0.25) is 4.21 Å². The summed E-state index contributed by atoms with van der Waals surface area (Å²) in [5, 5.41) is 3.42. The second-order valence-electron chi connectivity index (χ2n) is 7.41. The zero-order chi connectivity index (χ0) is 22.3. The van der Waals surface area contributed by atoms with Gasteiger partial charge in [-0.05, 0) is 54.8 Å². The van der Waals surface area contributed by atoms with Crippen molar-refractivity contribution < 1.29 is 30.4 Å². The normalized spacial score (nSPS) is 23.5. The van der Waals surface area contributed by atoms with E-state index in [4.69, 9.17) is 11.6 Å². The van der Waals surface area contributed by atoms with Crippen LogP contribution in [0.5, 0.6) is 0 Å². The van der Waals surface area contributed by atoms with Crippen molar-refractivity contribution in [2.24, 2.45) is 0 Å². The van der Waals surface area contributed by atoms with Crippen LogP contribution in [-0.4, -0.2) is 28.5 Å². The van der Waals surface area contributed by atoms with Gasteiger partial charge in [0.25, 0.3) is 0 Å². The number of alkyl halides is 3. The van der Waals surface area contributed by atoms with E-state index in [1.807, 2.05) is 0 Å². The molecule has 0 bridgehead atoms. The van der Waals surface area contributed by atoms with Crippen molar-refractivity contribution in [2.45, 2.75) is 41.0 Å². The average Bonchev–Trinajstić information content (AvgIpc) is 3.04. The van der Waals surface area contributed by atoms with Gasteiger partial charge >= 0.3 is 6.18 Å². The molecular weight excluding hydrogens is 463 g/mol. The van der Waals surface area contributed by atoms with Crippen LogP contribution in [-0.2, 0) is 32.8 Å². The van der Waals surface area contributed by atoms with E-state index in [0.29, 0.717) is 22.2 Å². The van der Waals surface area contributed by atoms with Gasteiger partial charge < -0.3 is 9.87 Å². The van der Waals surface area contributed by atoms with E-state index in [-0.39, 0.29) is 18.7 Å². The fourth-order valence-corrected chi connectivity index (χ4v) is 6.10. The maximum atomic E-state index is 13.2. The van der Waals surface area contributed by atoms with Crippen LogP contribution in [0.1, 0.15) is 36.1 Å². The number of halogens is 4. The van der Waals surface area contributed by atoms with Gasteiger partial charge in [0.2, 0.25) is 0 Å². The van der Waals surface area contributed by atoms with Crippen LogP contribution in [0, 0.1) is 0 Å². The molecule has 11 heteroatoms. The molecule has 5 nitrogen and oxygen atoms in total. The van der Waals surface area contributed by atoms with E-state index >= 15 is 0 Å². The molecule has 1 heterocycles. The third-order valence-corrected chi connectivity index (χ3v) is 8.50. The van der Waals surface area contributed by atoms with E-state index in [9.17, 15) is 30.4 Å². The highest BCUT2D eigenvalue weighted by Gasteiger charge is 2.47. The second-order valence-corrected chi connectivity index (χ2v) is 11.2. The molecule has 0 amide bonds. The third kappa shape index (κ3) is 4.57. The lowest BCUT2D eigenvalue weighted by molar-refractivity contribution is -0.137. The van der Waals surface area contributed by atoms with Crippen LogP contribution < -0.4 is 5.32 Å². The second kappa shape index (κ2) is 8.23. The summed E-state index contributed by atoms with van der Waals surface area (Å²) in [5.41, 5.74) is -0.00629. The highest BCUT2D eigenvalue weighted by molar-refractivity contribution is 7.92. The molecule has 0 aliphatic carbocycles. The molecule has 1 N–H and O–H groups in total. The lowest BCUT2D eigenvalue weighted by Crippen LogP contribution is -2.37. The summed E-state index contributed by atoms with van der Waals surface area (Å²) in [6.45, 7) is 1.47. The summed E-state index contributed by atoms with van der Waals surface area (Å²) in [5.74, 6) is -0.287. The van der Waals surface area contributed by atoms with Crippen LogP contribution in [0.25, 0.3) is 0 Å². The van der Waals surface area contributed by atoms with Crippen molar-refractivity contribution in [3.8, 4) is 0 Å². The van der Waals surface area contributed by atoms with Gasteiger partial charge in [0.05, 0.1) is 15.2 Å². The monoisotopic (exact) mass is 480 g/mol. The molecule has 3 unspecified atom stereocenters. The van der Waals surface area contributed by atoms with Gasteiger partial charge in [-0.2, -0.15) is 13.2 Å². The van der Waals surface area contributed by atoms with Gasteiger partial charge in [-0.15, -0.1) is 0 Å². The number of rotatable bonds is 5. The molecule has 2 aromatic rings. The zero-order valence-electron chi connectivity index (χ0n) is 15.7. The van der Waals surface area contributed by atoms with Crippen molar-refractivity contribution in [2.75, 3.05) is 6.54 Å². The van der Waals surface area contributed by atoms with Crippen LogP contribution in [0.4, 0.5) is 13.2 Å². The summed E-state index contributed by atoms with van der Waals surface area (Å²) >= 11 is 3.58. The van der Waals surface area contributed by atoms with E-state index in [0.717, 1.165) is 18.2 Å². The fourth-order valence-electron chi connectivity index (χ4n) is 3.63. The minimum Gasteiger partial charge on any atom is -0.772 e. The first-order valence-corrected chi connectivity index (χ1v) is 11.9. The Morgan fingerprint density at radius 1 is 1.27 bits per heavy atom. The minimum atomic E-state index is -4.66.